The van der Waals surface area contributed by atoms with Crippen molar-refractivity contribution >= 4 is 17.6 Å². The second-order valence-corrected chi connectivity index (χ2v) is 3.11. The third-order valence-corrected chi connectivity index (χ3v) is 2.83. The highest BCUT2D eigenvalue weighted by atomic mass is 35.5. The summed E-state index contributed by atoms with van der Waals surface area (Å²) in [5, 5.41) is 0. The zero-order valence-electron chi connectivity index (χ0n) is 8.02. The second-order valence-electron chi connectivity index (χ2n) is 2.84. The second kappa shape index (κ2) is 5.41. The van der Waals surface area contributed by atoms with Gasteiger partial charge in [0.25, 0.3) is 0 Å². The third-order valence-electron chi connectivity index (χ3n) is 2.32. The average molecular weight is 193 g/mol. The number of halogens is 1. The number of carbonyl (C=O) groups excluding carboxylic acids is 1. The van der Waals surface area contributed by atoms with E-state index >= 15 is 0 Å². The Hall–Kier alpha value is -0.240. The van der Waals surface area contributed by atoms with Crippen molar-refractivity contribution in [2.24, 2.45) is 5.41 Å². The van der Waals surface area contributed by atoms with Crippen LogP contribution >= 0.6 is 11.6 Å². The number of hydrogen-bond donors (Lipinski definition) is 0. The summed E-state index contributed by atoms with van der Waals surface area (Å²) in [5.41, 5.74) is -0.461. The smallest absolute Gasteiger partial charge is 0.313 e. The highest BCUT2D eigenvalue weighted by Gasteiger charge is 2.35. The molecule has 0 saturated heterocycles. The Morgan fingerprint density at radius 1 is 1.33 bits per heavy atom. The van der Waals surface area contributed by atoms with Gasteiger partial charge in [-0.15, -0.1) is 11.6 Å². The number of alkyl halides is 1. The maximum atomic E-state index is 11.5. The SMILES string of the molecule is CCOC(=O)C(CC)(CC)CCl. The first-order valence-corrected chi connectivity index (χ1v) is 4.93. The van der Waals surface area contributed by atoms with Crippen LogP contribution in [0.1, 0.15) is 33.6 Å². The first-order chi connectivity index (χ1) is 5.66. The predicted octanol–water partition coefficient (Wildman–Crippen LogP) is 2.59. The number of hydrogen-bond acceptors (Lipinski definition) is 2. The molecule has 0 amide bonds. The minimum atomic E-state index is -0.461. The van der Waals surface area contributed by atoms with E-state index in [2.05, 4.69) is 0 Å². The van der Waals surface area contributed by atoms with E-state index in [1.165, 1.54) is 0 Å². The highest BCUT2D eigenvalue weighted by Crippen LogP contribution is 2.29. The van der Waals surface area contributed by atoms with Gasteiger partial charge >= 0.3 is 5.97 Å². The fourth-order valence-electron chi connectivity index (χ4n) is 1.07. The van der Waals surface area contributed by atoms with E-state index in [1.807, 2.05) is 20.8 Å². The minimum Gasteiger partial charge on any atom is -0.466 e. The fraction of sp³-hybridized carbons (Fsp3) is 0.889. The molecule has 3 heteroatoms. The molecule has 0 unspecified atom stereocenters. The van der Waals surface area contributed by atoms with Crippen LogP contribution in [0.3, 0.4) is 0 Å². The van der Waals surface area contributed by atoms with Crippen molar-refractivity contribution in [3.05, 3.63) is 0 Å². The van der Waals surface area contributed by atoms with E-state index in [-0.39, 0.29) is 5.97 Å². The van der Waals surface area contributed by atoms with Gasteiger partial charge in [-0.1, -0.05) is 13.8 Å². The lowest BCUT2D eigenvalue weighted by Crippen LogP contribution is -2.33. The Morgan fingerprint density at radius 2 is 1.83 bits per heavy atom. The molecule has 0 bridgehead atoms. The highest BCUT2D eigenvalue weighted by molar-refractivity contribution is 6.19. The topological polar surface area (TPSA) is 26.3 Å². The standard InChI is InChI=1S/C9H17ClO2/c1-4-9(5-2,7-10)8(11)12-6-3/h4-7H2,1-3H3. The van der Waals surface area contributed by atoms with E-state index in [1.54, 1.807) is 0 Å². The van der Waals surface area contributed by atoms with Gasteiger partial charge < -0.3 is 4.74 Å². The van der Waals surface area contributed by atoms with Crippen LogP contribution in [-0.4, -0.2) is 18.5 Å². The van der Waals surface area contributed by atoms with Gasteiger partial charge in [0.15, 0.2) is 0 Å². The molecule has 0 atom stereocenters. The molecular weight excluding hydrogens is 176 g/mol. The van der Waals surface area contributed by atoms with E-state index in [9.17, 15) is 4.79 Å². The lowest BCUT2D eigenvalue weighted by molar-refractivity contribution is -0.154. The van der Waals surface area contributed by atoms with E-state index < -0.39 is 5.41 Å². The number of ether oxygens (including phenoxy) is 1. The normalized spacial score (nSPS) is 11.3. The third kappa shape index (κ3) is 2.37. The van der Waals surface area contributed by atoms with Gasteiger partial charge in [0.05, 0.1) is 12.0 Å². The Kier molecular flexibility index (Phi) is 5.31. The van der Waals surface area contributed by atoms with Crippen molar-refractivity contribution in [1.29, 1.82) is 0 Å². The Bertz CT molecular complexity index is 133. The van der Waals surface area contributed by atoms with E-state index in [0.29, 0.717) is 12.5 Å². The minimum absolute atomic E-state index is 0.162. The van der Waals surface area contributed by atoms with Crippen molar-refractivity contribution in [2.75, 3.05) is 12.5 Å². The van der Waals surface area contributed by atoms with Gasteiger partial charge in [-0.05, 0) is 19.8 Å². The summed E-state index contributed by atoms with van der Waals surface area (Å²) in [6, 6.07) is 0. The van der Waals surface area contributed by atoms with Crippen molar-refractivity contribution in [2.45, 2.75) is 33.6 Å². The van der Waals surface area contributed by atoms with Gasteiger partial charge in [0.2, 0.25) is 0 Å². The van der Waals surface area contributed by atoms with Crippen LogP contribution in [0.2, 0.25) is 0 Å². The summed E-state index contributed by atoms with van der Waals surface area (Å²) >= 11 is 5.75. The first kappa shape index (κ1) is 11.8. The van der Waals surface area contributed by atoms with Gasteiger partial charge in [0.1, 0.15) is 0 Å². The van der Waals surface area contributed by atoms with Crippen LogP contribution in [0, 0.1) is 5.41 Å². The van der Waals surface area contributed by atoms with Crippen molar-refractivity contribution in [3.8, 4) is 0 Å². The van der Waals surface area contributed by atoms with E-state index in [0.717, 1.165) is 12.8 Å². The van der Waals surface area contributed by atoms with E-state index in [4.69, 9.17) is 16.3 Å². The molecule has 0 rings (SSSR count). The molecule has 0 aromatic carbocycles. The Labute approximate surface area is 79.2 Å². The molecule has 0 N–H and O–H groups in total. The zero-order valence-corrected chi connectivity index (χ0v) is 8.78. The molecule has 0 aromatic heterocycles. The van der Waals surface area contributed by atoms with Crippen LogP contribution in [-0.2, 0) is 9.53 Å². The summed E-state index contributed by atoms with van der Waals surface area (Å²) in [5.74, 6) is 0.184. The van der Waals surface area contributed by atoms with Crippen molar-refractivity contribution < 1.29 is 9.53 Å². The molecule has 72 valence electrons. The monoisotopic (exact) mass is 192 g/mol. The molecule has 0 saturated carbocycles. The summed E-state index contributed by atoms with van der Waals surface area (Å²) in [7, 11) is 0. The maximum absolute atomic E-state index is 11.5. The zero-order chi connectivity index (χ0) is 9.61. The number of carbonyl (C=O) groups is 1. The molecule has 0 aromatic rings. The molecule has 0 aliphatic carbocycles. The average Bonchev–Trinajstić information content (AvgIpc) is 2.09. The van der Waals surface area contributed by atoms with Gasteiger partial charge in [-0.3, -0.25) is 4.79 Å². The lowest BCUT2D eigenvalue weighted by Gasteiger charge is -2.26. The van der Waals surface area contributed by atoms with Gasteiger partial charge in [0, 0.05) is 5.88 Å². The quantitative estimate of drug-likeness (QED) is 0.495. The number of esters is 1. The molecule has 0 aliphatic heterocycles. The fourth-order valence-corrected chi connectivity index (χ4v) is 1.55. The maximum Gasteiger partial charge on any atom is 0.313 e. The van der Waals surface area contributed by atoms with Gasteiger partial charge in [-0.2, -0.15) is 0 Å². The van der Waals surface area contributed by atoms with Crippen LogP contribution in [0.4, 0.5) is 0 Å². The predicted molar refractivity (Wildman–Crippen MR) is 50.4 cm³/mol. The molecule has 0 heterocycles. The summed E-state index contributed by atoms with van der Waals surface area (Å²) in [4.78, 5) is 11.5. The largest absolute Gasteiger partial charge is 0.466 e. The molecule has 12 heavy (non-hydrogen) atoms. The Morgan fingerprint density at radius 3 is 2.08 bits per heavy atom. The Balaban J connectivity index is 4.36. The molecule has 2 nitrogen and oxygen atoms in total. The lowest BCUT2D eigenvalue weighted by atomic mass is 9.85. The van der Waals surface area contributed by atoms with Gasteiger partial charge in [-0.25, -0.2) is 0 Å². The van der Waals surface area contributed by atoms with Crippen molar-refractivity contribution in [3.63, 3.8) is 0 Å². The first-order valence-electron chi connectivity index (χ1n) is 4.40. The molecule has 0 aliphatic rings. The molecule has 0 fully saturated rings. The summed E-state index contributed by atoms with van der Waals surface area (Å²) in [6.07, 6.45) is 1.48. The van der Waals surface area contributed by atoms with Crippen LogP contribution in [0.25, 0.3) is 0 Å². The van der Waals surface area contributed by atoms with Crippen LogP contribution < -0.4 is 0 Å². The van der Waals surface area contributed by atoms with Crippen LogP contribution in [0.5, 0.6) is 0 Å². The number of rotatable bonds is 5. The molecule has 0 radical (unpaired) electrons. The molecular formula is C9H17ClO2. The summed E-state index contributed by atoms with van der Waals surface area (Å²) in [6.45, 7) is 6.16. The van der Waals surface area contributed by atoms with Crippen molar-refractivity contribution in [1.82, 2.24) is 0 Å². The molecule has 0 spiro atoms. The summed E-state index contributed by atoms with van der Waals surface area (Å²) < 4.78 is 4.96. The van der Waals surface area contributed by atoms with Crippen LogP contribution in [0.15, 0.2) is 0 Å².